The molecule has 0 saturated carbocycles. The molecule has 0 saturated heterocycles. The van der Waals surface area contributed by atoms with Crippen LogP contribution in [-0.2, 0) is 0 Å². The maximum Gasteiger partial charge on any atom is 0.135 e. The fraction of sp³-hybridized carbons (Fsp3) is 0.111. The van der Waals surface area contributed by atoms with Crippen molar-refractivity contribution < 1.29 is 4.42 Å². The van der Waals surface area contributed by atoms with Gasteiger partial charge in [0.05, 0.1) is 0 Å². The summed E-state index contributed by atoms with van der Waals surface area (Å²) in [4.78, 5) is 0. The number of fused-ring (bicyclic) bond motifs is 2. The molecule has 0 fully saturated rings. The number of hydrogen-bond donors (Lipinski definition) is 0. The summed E-state index contributed by atoms with van der Waals surface area (Å²) in [5.74, 6) is 1.24. The Balaban J connectivity index is 1.75. The van der Waals surface area contributed by atoms with Gasteiger partial charge in [0.2, 0.25) is 0 Å². The predicted octanol–water partition coefficient (Wildman–Crippen LogP) is 10.7. The van der Waals surface area contributed by atoms with Gasteiger partial charge in [0.15, 0.2) is 0 Å². The lowest BCUT2D eigenvalue weighted by Crippen LogP contribution is -2.03. The number of hydrogen-bond acceptors (Lipinski definition) is 1. The first-order chi connectivity index (χ1) is 18.2. The van der Waals surface area contributed by atoms with Crippen molar-refractivity contribution in [1.82, 2.24) is 0 Å². The molecular weight excluding hydrogens is 448 g/mol. The third-order valence-corrected chi connectivity index (χ3v) is 7.56. The molecule has 0 aliphatic carbocycles. The Kier molecular flexibility index (Phi) is 5.98. The van der Waals surface area contributed by atoms with Gasteiger partial charge in [0.25, 0.3) is 0 Å². The summed E-state index contributed by atoms with van der Waals surface area (Å²) < 4.78 is 6.38. The largest absolute Gasteiger partial charge is 0.456 e. The average Bonchev–Trinajstić information content (AvgIpc) is 3.41. The second-order valence-electron chi connectivity index (χ2n) is 9.70. The molecule has 0 aliphatic heterocycles. The number of rotatable bonds is 6. The maximum absolute atomic E-state index is 6.38. The molecule has 1 atom stereocenters. The van der Waals surface area contributed by atoms with E-state index < -0.39 is 0 Å². The van der Waals surface area contributed by atoms with Crippen LogP contribution < -0.4 is 0 Å². The molecule has 0 bridgehead atoms. The van der Waals surface area contributed by atoms with E-state index in [4.69, 9.17) is 4.42 Å². The van der Waals surface area contributed by atoms with Gasteiger partial charge in [0, 0.05) is 10.9 Å². The standard InChI is InChI=1S/C36H30O/c1-4-24(3)34-27(5-2)35(26-17-10-7-11-18-26)28-19-12-13-20-29(28)36(34)30-21-14-22-32-31(30)23-33(37-32)25-15-8-6-9-16-25/h5-24H,2,4H2,1,3H3. The van der Waals surface area contributed by atoms with Gasteiger partial charge in [0.1, 0.15) is 11.3 Å². The smallest absolute Gasteiger partial charge is 0.135 e. The fourth-order valence-electron chi connectivity index (χ4n) is 5.64. The summed E-state index contributed by atoms with van der Waals surface area (Å²) in [6, 6.07) is 38.5. The SMILES string of the molecule is C=Cc1c(C(C)CC)c(-c2cccc3oc(-c4ccccc4)cc23)c2ccccc2c1-c1ccccc1. The van der Waals surface area contributed by atoms with Crippen LogP contribution in [0.15, 0.2) is 120 Å². The second kappa shape index (κ2) is 9.59. The molecule has 180 valence electrons. The van der Waals surface area contributed by atoms with Crippen LogP contribution in [-0.4, -0.2) is 0 Å². The predicted molar refractivity (Wildman–Crippen MR) is 159 cm³/mol. The number of benzene rings is 5. The van der Waals surface area contributed by atoms with E-state index in [2.05, 4.69) is 130 Å². The Morgan fingerprint density at radius 3 is 1.97 bits per heavy atom. The highest BCUT2D eigenvalue weighted by Crippen LogP contribution is 2.48. The topological polar surface area (TPSA) is 13.1 Å². The average molecular weight is 479 g/mol. The minimum absolute atomic E-state index is 0.353. The normalized spacial score (nSPS) is 12.2. The lowest BCUT2D eigenvalue weighted by atomic mass is 9.78. The first-order valence-corrected chi connectivity index (χ1v) is 13.1. The van der Waals surface area contributed by atoms with Crippen molar-refractivity contribution in [3.8, 4) is 33.6 Å². The van der Waals surface area contributed by atoms with Crippen LogP contribution in [0.4, 0.5) is 0 Å². The summed E-state index contributed by atoms with van der Waals surface area (Å²) in [5.41, 5.74) is 9.53. The van der Waals surface area contributed by atoms with E-state index in [1.54, 1.807) is 0 Å². The Morgan fingerprint density at radius 2 is 1.32 bits per heavy atom. The molecule has 0 spiro atoms. The van der Waals surface area contributed by atoms with Gasteiger partial charge >= 0.3 is 0 Å². The molecule has 0 N–H and O–H groups in total. The summed E-state index contributed by atoms with van der Waals surface area (Å²) in [5, 5.41) is 3.64. The first-order valence-electron chi connectivity index (χ1n) is 13.1. The molecule has 0 amide bonds. The quantitative estimate of drug-likeness (QED) is 0.232. The van der Waals surface area contributed by atoms with Crippen LogP contribution in [0.2, 0.25) is 0 Å². The minimum atomic E-state index is 0.353. The minimum Gasteiger partial charge on any atom is -0.456 e. The summed E-state index contributed by atoms with van der Waals surface area (Å²) in [6.45, 7) is 8.93. The van der Waals surface area contributed by atoms with E-state index in [1.807, 2.05) is 6.07 Å². The summed E-state index contributed by atoms with van der Waals surface area (Å²) >= 11 is 0. The van der Waals surface area contributed by atoms with Crippen molar-refractivity contribution in [1.29, 1.82) is 0 Å². The second-order valence-corrected chi connectivity index (χ2v) is 9.70. The summed E-state index contributed by atoms with van der Waals surface area (Å²) in [6.07, 6.45) is 3.10. The summed E-state index contributed by atoms with van der Waals surface area (Å²) in [7, 11) is 0. The molecule has 1 heterocycles. The molecule has 6 aromatic rings. The Labute approximate surface area is 218 Å². The fourth-order valence-corrected chi connectivity index (χ4v) is 5.64. The lowest BCUT2D eigenvalue weighted by Gasteiger charge is -2.25. The molecule has 37 heavy (non-hydrogen) atoms. The lowest BCUT2D eigenvalue weighted by molar-refractivity contribution is 0.631. The van der Waals surface area contributed by atoms with Crippen molar-refractivity contribution in [2.75, 3.05) is 0 Å². The zero-order valence-corrected chi connectivity index (χ0v) is 21.4. The van der Waals surface area contributed by atoms with E-state index in [1.165, 1.54) is 44.2 Å². The highest BCUT2D eigenvalue weighted by atomic mass is 16.3. The zero-order chi connectivity index (χ0) is 25.4. The van der Waals surface area contributed by atoms with Gasteiger partial charge in [-0.2, -0.15) is 0 Å². The van der Waals surface area contributed by atoms with Crippen LogP contribution in [0.1, 0.15) is 37.3 Å². The van der Waals surface area contributed by atoms with E-state index in [0.717, 1.165) is 28.7 Å². The van der Waals surface area contributed by atoms with Crippen LogP contribution >= 0.6 is 0 Å². The van der Waals surface area contributed by atoms with Crippen molar-refractivity contribution in [3.05, 3.63) is 127 Å². The Morgan fingerprint density at radius 1 is 0.703 bits per heavy atom. The van der Waals surface area contributed by atoms with E-state index in [0.29, 0.717) is 5.92 Å². The molecule has 0 radical (unpaired) electrons. The van der Waals surface area contributed by atoms with E-state index in [9.17, 15) is 0 Å². The van der Waals surface area contributed by atoms with Crippen molar-refractivity contribution in [2.24, 2.45) is 0 Å². The van der Waals surface area contributed by atoms with Gasteiger partial charge in [-0.15, -0.1) is 0 Å². The first kappa shape index (κ1) is 23.1. The van der Waals surface area contributed by atoms with Crippen molar-refractivity contribution in [3.63, 3.8) is 0 Å². The van der Waals surface area contributed by atoms with E-state index >= 15 is 0 Å². The molecule has 1 unspecified atom stereocenters. The van der Waals surface area contributed by atoms with E-state index in [-0.39, 0.29) is 0 Å². The van der Waals surface area contributed by atoms with Crippen molar-refractivity contribution >= 4 is 27.8 Å². The molecule has 0 aliphatic rings. The van der Waals surface area contributed by atoms with Gasteiger partial charge in [-0.25, -0.2) is 0 Å². The Hall–Kier alpha value is -4.36. The third kappa shape index (κ3) is 3.88. The molecular formula is C36H30O. The maximum atomic E-state index is 6.38. The van der Waals surface area contributed by atoms with Gasteiger partial charge < -0.3 is 4.42 Å². The monoisotopic (exact) mass is 478 g/mol. The van der Waals surface area contributed by atoms with Crippen LogP contribution in [0, 0.1) is 0 Å². The number of furan rings is 1. The van der Waals surface area contributed by atoms with Crippen LogP contribution in [0.5, 0.6) is 0 Å². The van der Waals surface area contributed by atoms with Gasteiger partial charge in [-0.3, -0.25) is 0 Å². The molecule has 1 nitrogen and oxygen atoms in total. The molecule has 1 aromatic heterocycles. The van der Waals surface area contributed by atoms with Crippen LogP contribution in [0.3, 0.4) is 0 Å². The Bertz CT molecular complexity index is 1720. The zero-order valence-electron chi connectivity index (χ0n) is 21.4. The highest BCUT2D eigenvalue weighted by molar-refractivity contribution is 6.13. The van der Waals surface area contributed by atoms with Gasteiger partial charge in [-0.1, -0.05) is 124 Å². The highest BCUT2D eigenvalue weighted by Gasteiger charge is 2.24. The van der Waals surface area contributed by atoms with Gasteiger partial charge in [-0.05, 0) is 68.6 Å². The molecule has 6 rings (SSSR count). The molecule has 5 aromatic carbocycles. The third-order valence-electron chi connectivity index (χ3n) is 7.56. The van der Waals surface area contributed by atoms with Crippen molar-refractivity contribution in [2.45, 2.75) is 26.2 Å². The van der Waals surface area contributed by atoms with Crippen LogP contribution in [0.25, 0.3) is 61.4 Å². The molecule has 1 heteroatoms.